The van der Waals surface area contributed by atoms with Gasteiger partial charge in [0.15, 0.2) is 0 Å². The molecule has 0 atom stereocenters. The van der Waals surface area contributed by atoms with E-state index in [9.17, 15) is 0 Å². The molecule has 0 radical (unpaired) electrons. The van der Waals surface area contributed by atoms with Gasteiger partial charge < -0.3 is 7.47 Å². The molecule has 0 bridgehead atoms. The van der Waals surface area contributed by atoms with E-state index in [0.717, 1.165) is 35.7 Å². The number of nitrogens with zero attached hydrogens (tertiary/aromatic N) is 3. The Morgan fingerprint density at radius 1 is 0.833 bits per heavy atom. The van der Waals surface area contributed by atoms with Crippen LogP contribution in [0.25, 0.3) is 59.9 Å². The van der Waals surface area contributed by atoms with Crippen LogP contribution < -0.4 is 0 Å². The molecule has 0 unspecified atom stereocenters. The van der Waals surface area contributed by atoms with Crippen LogP contribution in [-0.2, 0) is 22.3 Å². The second-order valence-electron chi connectivity index (χ2n) is 14.4. The first-order chi connectivity index (χ1) is 20.0. The Labute approximate surface area is 261 Å². The van der Waals surface area contributed by atoms with Gasteiger partial charge in [0.2, 0.25) is 0 Å². The van der Waals surface area contributed by atoms with E-state index in [4.69, 9.17) is 13.0 Å². The molecule has 7 rings (SSSR count). The van der Waals surface area contributed by atoms with Gasteiger partial charge in [-0.3, -0.25) is 0 Å². The number of halogens is 1. The number of para-hydroxylation sites is 1. The van der Waals surface area contributed by atoms with Gasteiger partial charge in [0.1, 0.15) is 29.3 Å². The fourth-order valence-electron chi connectivity index (χ4n) is 7.13. The third kappa shape index (κ3) is 4.43. The first-order valence-electron chi connectivity index (χ1n) is 15.0. The average molecular weight is 668 g/mol. The number of fused-ring (bicyclic) bond motifs is 7. The lowest BCUT2D eigenvalue weighted by Crippen LogP contribution is -2.23. The van der Waals surface area contributed by atoms with Crippen LogP contribution in [0.3, 0.4) is 0 Å². The standard InChI is InChI=1S/C37H38IN3O/c1-21(2)14-24-17-29-32-33(40-20-39-29)27-16-23-15-22(18-36(3,4)5)12-13-25(23)28(19-37(6,7)42-38)34(27)41-30-11-9-8-10-26(30)31(24)35(32)41/h8-13,15-17,20-21H,14,18-19H2,1-7H3. The number of aromatic nitrogens is 3. The van der Waals surface area contributed by atoms with Crippen LogP contribution in [0.15, 0.2) is 60.9 Å². The van der Waals surface area contributed by atoms with Crippen molar-refractivity contribution in [2.45, 2.75) is 73.3 Å². The molecule has 0 saturated carbocycles. The highest BCUT2D eigenvalue weighted by molar-refractivity contribution is 14.1. The summed E-state index contributed by atoms with van der Waals surface area (Å²) in [6.45, 7) is 15.9. The third-order valence-corrected chi connectivity index (χ3v) is 9.75. The molecule has 0 spiro atoms. The summed E-state index contributed by atoms with van der Waals surface area (Å²) in [6.07, 6.45) is 4.56. The minimum absolute atomic E-state index is 0.211. The molecular formula is C37H38IN3O. The summed E-state index contributed by atoms with van der Waals surface area (Å²) < 4.78 is 8.57. The van der Waals surface area contributed by atoms with Crippen molar-refractivity contribution in [1.82, 2.24) is 14.4 Å². The smallest absolute Gasteiger partial charge is 0.116 e. The van der Waals surface area contributed by atoms with E-state index in [1.165, 1.54) is 60.2 Å². The number of rotatable bonds is 6. The van der Waals surface area contributed by atoms with Crippen molar-refractivity contribution >= 4 is 82.9 Å². The van der Waals surface area contributed by atoms with Gasteiger partial charge in [-0.05, 0) is 83.7 Å². The van der Waals surface area contributed by atoms with Gasteiger partial charge in [0.25, 0.3) is 0 Å². The van der Waals surface area contributed by atoms with E-state index < -0.39 is 0 Å². The molecule has 5 heteroatoms. The maximum Gasteiger partial charge on any atom is 0.116 e. The van der Waals surface area contributed by atoms with Crippen LogP contribution in [0.1, 0.15) is 65.2 Å². The van der Waals surface area contributed by atoms with Gasteiger partial charge >= 0.3 is 0 Å². The van der Waals surface area contributed by atoms with E-state index in [-0.39, 0.29) is 11.0 Å². The molecule has 0 aliphatic carbocycles. The number of hydrogen-bond donors (Lipinski definition) is 0. The predicted octanol–water partition coefficient (Wildman–Crippen LogP) is 10.4. The third-order valence-electron chi connectivity index (χ3n) is 8.55. The Bertz CT molecular complexity index is 2150. The molecule has 7 aromatic rings. The molecule has 4 nitrogen and oxygen atoms in total. The molecule has 42 heavy (non-hydrogen) atoms. The molecule has 4 aromatic carbocycles. The summed E-state index contributed by atoms with van der Waals surface area (Å²) in [5.41, 5.74) is 9.65. The van der Waals surface area contributed by atoms with Gasteiger partial charge in [0.05, 0.1) is 38.6 Å². The van der Waals surface area contributed by atoms with Crippen LogP contribution >= 0.6 is 23.0 Å². The Balaban J connectivity index is 1.74. The maximum absolute atomic E-state index is 6.04. The van der Waals surface area contributed by atoms with Gasteiger partial charge in [-0.2, -0.15) is 0 Å². The molecule has 0 aliphatic rings. The summed E-state index contributed by atoms with van der Waals surface area (Å²) >= 11 is 2.07. The number of pyridine rings is 1. The highest BCUT2D eigenvalue weighted by atomic mass is 127. The fourth-order valence-corrected chi connectivity index (χ4v) is 7.28. The summed E-state index contributed by atoms with van der Waals surface area (Å²) in [7, 11) is 0. The summed E-state index contributed by atoms with van der Waals surface area (Å²) in [4.78, 5) is 9.86. The Kier molecular flexibility index (Phi) is 6.45. The van der Waals surface area contributed by atoms with Gasteiger partial charge in [-0.25, -0.2) is 9.97 Å². The van der Waals surface area contributed by atoms with Crippen molar-refractivity contribution < 1.29 is 3.07 Å². The lowest BCUT2D eigenvalue weighted by molar-refractivity contribution is 0.175. The van der Waals surface area contributed by atoms with Gasteiger partial charge in [-0.15, -0.1) is 0 Å². The Morgan fingerprint density at radius 3 is 2.36 bits per heavy atom. The van der Waals surface area contributed by atoms with Crippen LogP contribution in [0.2, 0.25) is 0 Å². The zero-order valence-corrected chi connectivity index (χ0v) is 27.8. The van der Waals surface area contributed by atoms with Crippen molar-refractivity contribution in [2.24, 2.45) is 11.3 Å². The van der Waals surface area contributed by atoms with Crippen molar-refractivity contribution in [3.63, 3.8) is 0 Å². The Morgan fingerprint density at radius 2 is 1.62 bits per heavy atom. The van der Waals surface area contributed by atoms with E-state index in [1.807, 2.05) is 0 Å². The largest absolute Gasteiger partial charge is 0.309 e. The molecule has 0 fully saturated rings. The molecular weight excluding hydrogens is 629 g/mol. The van der Waals surface area contributed by atoms with E-state index in [2.05, 4.69) is 130 Å². The molecule has 214 valence electrons. The second-order valence-corrected chi connectivity index (χ2v) is 14.8. The number of benzene rings is 4. The lowest BCUT2D eigenvalue weighted by atomic mass is 9.85. The molecule has 0 amide bonds. The summed E-state index contributed by atoms with van der Waals surface area (Å²) in [5, 5.41) is 7.51. The van der Waals surface area contributed by atoms with E-state index in [1.54, 1.807) is 6.33 Å². The van der Waals surface area contributed by atoms with E-state index in [0.29, 0.717) is 5.92 Å². The first-order valence-corrected chi connectivity index (χ1v) is 15.9. The van der Waals surface area contributed by atoms with Crippen LogP contribution in [0.4, 0.5) is 0 Å². The molecule has 0 N–H and O–H groups in total. The van der Waals surface area contributed by atoms with Crippen molar-refractivity contribution in [3.8, 4) is 0 Å². The molecule has 3 heterocycles. The summed E-state index contributed by atoms with van der Waals surface area (Å²) in [5.74, 6) is 0.535. The quantitative estimate of drug-likeness (QED) is 0.101. The van der Waals surface area contributed by atoms with Gasteiger partial charge in [0, 0.05) is 22.6 Å². The molecule has 0 saturated heterocycles. The lowest BCUT2D eigenvalue weighted by Gasteiger charge is -2.25. The van der Waals surface area contributed by atoms with E-state index >= 15 is 0 Å². The summed E-state index contributed by atoms with van der Waals surface area (Å²) in [6, 6.07) is 20.7. The normalized spacial score (nSPS) is 13.4. The van der Waals surface area contributed by atoms with Gasteiger partial charge in [-0.1, -0.05) is 71.0 Å². The van der Waals surface area contributed by atoms with Crippen LogP contribution in [-0.4, -0.2) is 20.0 Å². The molecule has 3 aromatic heterocycles. The highest BCUT2D eigenvalue weighted by Gasteiger charge is 2.28. The van der Waals surface area contributed by atoms with Crippen molar-refractivity contribution in [2.75, 3.05) is 0 Å². The number of hydrogen-bond acceptors (Lipinski definition) is 3. The SMILES string of the molecule is CC(C)Cc1cc2ncnc3c4cc5cc(CC(C)(C)C)ccc5c(CC(C)(C)OI)c4n4c5ccccc5c1c4c23. The first kappa shape index (κ1) is 27.8. The topological polar surface area (TPSA) is 39.4 Å². The second kappa shape index (κ2) is 9.75. The Hall–Kier alpha value is -3.03. The van der Waals surface area contributed by atoms with Crippen molar-refractivity contribution in [1.29, 1.82) is 0 Å². The van der Waals surface area contributed by atoms with Crippen LogP contribution in [0.5, 0.6) is 0 Å². The average Bonchev–Trinajstić information content (AvgIpc) is 3.27. The molecule has 0 aliphatic heterocycles. The monoisotopic (exact) mass is 667 g/mol. The minimum atomic E-state index is -0.352. The fraction of sp³-hybridized carbons (Fsp3) is 0.351. The van der Waals surface area contributed by atoms with Crippen molar-refractivity contribution in [3.05, 3.63) is 77.6 Å². The zero-order chi connectivity index (χ0) is 29.6. The maximum atomic E-state index is 6.04. The van der Waals surface area contributed by atoms with Crippen LogP contribution in [0, 0.1) is 11.3 Å². The minimum Gasteiger partial charge on any atom is -0.309 e. The highest BCUT2D eigenvalue weighted by Crippen LogP contribution is 2.45. The predicted molar refractivity (Wildman–Crippen MR) is 186 cm³/mol. The zero-order valence-electron chi connectivity index (χ0n) is 25.6.